The summed E-state index contributed by atoms with van der Waals surface area (Å²) in [5.74, 6) is 0.783. The van der Waals surface area contributed by atoms with Crippen molar-refractivity contribution in [3.05, 3.63) is 35.9 Å². The van der Waals surface area contributed by atoms with E-state index in [-0.39, 0.29) is 0 Å². The number of nitrogens with zero attached hydrogens (tertiary/aromatic N) is 1. The van der Waals surface area contributed by atoms with Gasteiger partial charge in [-0.25, -0.2) is 0 Å². The van der Waals surface area contributed by atoms with Crippen molar-refractivity contribution in [2.75, 3.05) is 7.05 Å². The molecule has 0 radical (unpaired) electrons. The third kappa shape index (κ3) is 3.83. The maximum absolute atomic E-state index is 6.40. The lowest BCUT2D eigenvalue weighted by molar-refractivity contribution is 0.0805. The minimum atomic E-state index is 0.322. The van der Waals surface area contributed by atoms with Gasteiger partial charge in [-0.15, -0.1) is 0 Å². The second-order valence-electron chi connectivity index (χ2n) is 7.51. The molecule has 0 heterocycles. The molecule has 0 saturated heterocycles. The predicted octanol–water partition coefficient (Wildman–Crippen LogP) is 3.66. The fraction of sp³-hybridized carbons (Fsp3) is 0.667. The lowest BCUT2D eigenvalue weighted by Gasteiger charge is -2.44. The topological polar surface area (TPSA) is 29.3 Å². The van der Waals surface area contributed by atoms with E-state index in [4.69, 9.17) is 5.73 Å². The Kier molecular flexibility index (Phi) is 4.87. The molecule has 0 aromatic heterocycles. The van der Waals surface area contributed by atoms with Crippen LogP contribution in [-0.2, 0) is 6.54 Å². The predicted molar refractivity (Wildman–Crippen MR) is 86.5 cm³/mol. The van der Waals surface area contributed by atoms with Crippen molar-refractivity contribution in [2.24, 2.45) is 17.1 Å². The second kappa shape index (κ2) is 6.28. The Balaban J connectivity index is 2.02. The summed E-state index contributed by atoms with van der Waals surface area (Å²) in [5, 5.41) is 0. The van der Waals surface area contributed by atoms with Gasteiger partial charge in [0.15, 0.2) is 0 Å². The third-order valence-electron chi connectivity index (χ3n) is 4.93. The van der Waals surface area contributed by atoms with Gasteiger partial charge in [0.25, 0.3) is 0 Å². The van der Waals surface area contributed by atoms with Crippen molar-refractivity contribution in [3.8, 4) is 0 Å². The summed E-state index contributed by atoms with van der Waals surface area (Å²) in [4.78, 5) is 2.46. The molecule has 3 unspecified atom stereocenters. The molecule has 0 spiro atoms. The van der Waals surface area contributed by atoms with Crippen molar-refractivity contribution in [3.63, 3.8) is 0 Å². The van der Waals surface area contributed by atoms with Crippen molar-refractivity contribution in [2.45, 2.75) is 58.7 Å². The van der Waals surface area contributed by atoms with E-state index in [1.54, 1.807) is 0 Å². The van der Waals surface area contributed by atoms with Gasteiger partial charge in [-0.1, -0.05) is 51.1 Å². The van der Waals surface area contributed by atoms with Gasteiger partial charge in [-0.3, -0.25) is 4.90 Å². The maximum atomic E-state index is 6.40. The minimum absolute atomic E-state index is 0.322. The number of nitrogens with two attached hydrogens (primary N) is 1. The van der Waals surface area contributed by atoms with E-state index in [1.165, 1.54) is 18.4 Å². The zero-order chi connectivity index (χ0) is 14.8. The summed E-state index contributed by atoms with van der Waals surface area (Å²) in [6.45, 7) is 8.09. The van der Waals surface area contributed by atoms with E-state index in [9.17, 15) is 0 Å². The van der Waals surface area contributed by atoms with Crippen molar-refractivity contribution in [1.82, 2.24) is 4.90 Å². The van der Waals surface area contributed by atoms with Gasteiger partial charge in [0.1, 0.15) is 0 Å². The molecule has 2 rings (SSSR count). The summed E-state index contributed by atoms with van der Waals surface area (Å²) in [6, 6.07) is 11.5. The van der Waals surface area contributed by atoms with Gasteiger partial charge in [0.2, 0.25) is 0 Å². The van der Waals surface area contributed by atoms with Crippen LogP contribution in [0.1, 0.15) is 45.6 Å². The van der Waals surface area contributed by atoms with Crippen molar-refractivity contribution < 1.29 is 0 Å². The molecule has 2 N–H and O–H groups in total. The summed E-state index contributed by atoms with van der Waals surface area (Å²) in [5.41, 5.74) is 8.17. The number of hydrogen-bond donors (Lipinski definition) is 1. The lowest BCUT2D eigenvalue weighted by Crippen LogP contribution is -2.51. The van der Waals surface area contributed by atoms with Gasteiger partial charge >= 0.3 is 0 Å². The number of hydrogen-bond acceptors (Lipinski definition) is 2. The molecule has 0 bridgehead atoms. The van der Waals surface area contributed by atoms with Crippen LogP contribution in [0.2, 0.25) is 0 Å². The first-order valence-corrected chi connectivity index (χ1v) is 7.87. The highest BCUT2D eigenvalue weighted by atomic mass is 15.1. The first-order valence-electron chi connectivity index (χ1n) is 7.87. The van der Waals surface area contributed by atoms with Crippen LogP contribution in [0.5, 0.6) is 0 Å². The van der Waals surface area contributed by atoms with E-state index in [2.05, 4.69) is 63.1 Å². The van der Waals surface area contributed by atoms with Crippen LogP contribution in [-0.4, -0.2) is 24.0 Å². The Labute approximate surface area is 124 Å². The molecule has 1 aliphatic rings. The van der Waals surface area contributed by atoms with Gasteiger partial charge < -0.3 is 5.73 Å². The van der Waals surface area contributed by atoms with Gasteiger partial charge in [0, 0.05) is 18.6 Å². The normalized spacial score (nSPS) is 27.8. The lowest BCUT2D eigenvalue weighted by atomic mass is 9.69. The number of likely N-dealkylation sites (N-methyl/N-ethyl adjacent to an activating group) is 1. The molecule has 1 aromatic rings. The molecule has 1 fully saturated rings. The van der Waals surface area contributed by atoms with Gasteiger partial charge in [-0.2, -0.15) is 0 Å². The molecule has 112 valence electrons. The number of benzene rings is 1. The van der Waals surface area contributed by atoms with Crippen LogP contribution in [0.3, 0.4) is 0 Å². The Morgan fingerprint density at radius 3 is 2.40 bits per heavy atom. The van der Waals surface area contributed by atoms with Crippen molar-refractivity contribution in [1.29, 1.82) is 0 Å². The average Bonchev–Trinajstić information content (AvgIpc) is 2.39. The van der Waals surface area contributed by atoms with Gasteiger partial charge in [-0.05, 0) is 43.2 Å². The van der Waals surface area contributed by atoms with E-state index >= 15 is 0 Å². The molecular formula is C18H30N2. The highest BCUT2D eigenvalue weighted by Gasteiger charge is 2.35. The monoisotopic (exact) mass is 274 g/mol. The quantitative estimate of drug-likeness (QED) is 0.911. The molecule has 20 heavy (non-hydrogen) atoms. The smallest absolute Gasteiger partial charge is 0.0250 e. The van der Waals surface area contributed by atoms with E-state index in [0.717, 1.165) is 18.9 Å². The standard InChI is InChI=1S/C18H30N2/c1-18(2,3)15-10-11-16(19)17(12-15)20(4)13-14-8-6-5-7-9-14/h5-9,15-17H,10-13,19H2,1-4H3. The van der Waals surface area contributed by atoms with E-state index in [1.807, 2.05) is 0 Å². The zero-order valence-electron chi connectivity index (χ0n) is 13.5. The van der Waals surface area contributed by atoms with E-state index in [0.29, 0.717) is 17.5 Å². The number of rotatable bonds is 3. The zero-order valence-corrected chi connectivity index (χ0v) is 13.5. The van der Waals surface area contributed by atoms with E-state index < -0.39 is 0 Å². The second-order valence-corrected chi connectivity index (χ2v) is 7.51. The highest BCUT2D eigenvalue weighted by molar-refractivity contribution is 5.14. The largest absolute Gasteiger partial charge is 0.326 e. The molecule has 2 heteroatoms. The first-order chi connectivity index (χ1) is 9.38. The third-order valence-corrected chi connectivity index (χ3v) is 4.93. The van der Waals surface area contributed by atoms with Crippen LogP contribution in [0.4, 0.5) is 0 Å². The molecule has 3 atom stereocenters. The van der Waals surface area contributed by atoms with Crippen LogP contribution in [0.15, 0.2) is 30.3 Å². The Morgan fingerprint density at radius 2 is 1.80 bits per heavy atom. The molecular weight excluding hydrogens is 244 g/mol. The van der Waals surface area contributed by atoms with Crippen molar-refractivity contribution >= 4 is 0 Å². The molecule has 1 aromatic carbocycles. The summed E-state index contributed by atoms with van der Waals surface area (Å²) in [6.07, 6.45) is 3.67. The Bertz CT molecular complexity index is 407. The molecule has 2 nitrogen and oxygen atoms in total. The summed E-state index contributed by atoms with van der Waals surface area (Å²) >= 11 is 0. The fourth-order valence-corrected chi connectivity index (χ4v) is 3.45. The average molecular weight is 274 g/mol. The van der Waals surface area contributed by atoms with Gasteiger partial charge in [0.05, 0.1) is 0 Å². The molecule has 1 saturated carbocycles. The first kappa shape index (κ1) is 15.5. The molecule has 1 aliphatic carbocycles. The van der Waals surface area contributed by atoms with Crippen LogP contribution in [0.25, 0.3) is 0 Å². The van der Waals surface area contributed by atoms with Crippen LogP contribution < -0.4 is 5.73 Å². The van der Waals surface area contributed by atoms with Crippen LogP contribution in [0, 0.1) is 11.3 Å². The molecule has 0 aliphatic heterocycles. The molecule has 0 amide bonds. The minimum Gasteiger partial charge on any atom is -0.326 e. The maximum Gasteiger partial charge on any atom is 0.0250 e. The van der Waals surface area contributed by atoms with Crippen LogP contribution >= 0.6 is 0 Å². The summed E-state index contributed by atoms with van der Waals surface area (Å²) in [7, 11) is 2.22. The summed E-state index contributed by atoms with van der Waals surface area (Å²) < 4.78 is 0. The Hall–Kier alpha value is -0.860. The Morgan fingerprint density at radius 1 is 1.15 bits per heavy atom. The highest BCUT2D eigenvalue weighted by Crippen LogP contribution is 2.38. The SMILES string of the molecule is CN(Cc1ccccc1)C1CC(C(C)(C)C)CCC1N. The fourth-order valence-electron chi connectivity index (χ4n) is 3.45.